The van der Waals surface area contributed by atoms with Gasteiger partial charge in [-0.15, -0.1) is 0 Å². The molecule has 0 aliphatic heterocycles. The molecular weight excluding hydrogens is 142 g/mol. The zero-order valence-corrected chi connectivity index (χ0v) is 7.52. The molecule has 0 atom stereocenters. The van der Waals surface area contributed by atoms with Crippen LogP contribution in [0, 0.1) is 5.41 Å². The molecule has 0 saturated heterocycles. The van der Waals surface area contributed by atoms with Crippen molar-refractivity contribution in [1.82, 2.24) is 5.32 Å². The van der Waals surface area contributed by atoms with Crippen molar-refractivity contribution in [2.24, 2.45) is 5.41 Å². The van der Waals surface area contributed by atoms with Gasteiger partial charge in [0, 0.05) is 13.3 Å². The van der Waals surface area contributed by atoms with Gasteiger partial charge in [-0.2, -0.15) is 0 Å². The number of imide groups is 1. The molecule has 0 bridgehead atoms. The number of carbonyl (C=O) groups excluding carboxylic acids is 2. The lowest BCUT2D eigenvalue weighted by atomic mass is 9.92. The van der Waals surface area contributed by atoms with Crippen LogP contribution in [-0.4, -0.2) is 11.8 Å². The average molecular weight is 157 g/mol. The lowest BCUT2D eigenvalue weighted by Crippen LogP contribution is -2.31. The van der Waals surface area contributed by atoms with Crippen LogP contribution in [0.5, 0.6) is 0 Å². The predicted octanol–water partition coefficient (Wildman–Crippen LogP) is 1.09. The van der Waals surface area contributed by atoms with E-state index in [4.69, 9.17) is 0 Å². The summed E-state index contributed by atoms with van der Waals surface area (Å²) < 4.78 is 0. The molecule has 3 nitrogen and oxygen atoms in total. The molecule has 0 radical (unpaired) electrons. The highest BCUT2D eigenvalue weighted by molar-refractivity contribution is 5.94. The smallest absolute Gasteiger partial charge is 0.227 e. The molecule has 0 aromatic rings. The Labute approximate surface area is 67.2 Å². The van der Waals surface area contributed by atoms with Crippen LogP contribution in [0.3, 0.4) is 0 Å². The number of hydrogen-bond donors (Lipinski definition) is 1. The van der Waals surface area contributed by atoms with Crippen molar-refractivity contribution in [1.29, 1.82) is 0 Å². The fourth-order valence-corrected chi connectivity index (χ4v) is 0.722. The SMILES string of the molecule is CC(=O)NC(=O)CC(C)(C)C. The molecule has 1 N–H and O–H groups in total. The van der Waals surface area contributed by atoms with Gasteiger partial charge < -0.3 is 0 Å². The van der Waals surface area contributed by atoms with E-state index in [0.717, 1.165) is 0 Å². The number of nitrogens with one attached hydrogen (secondary N) is 1. The third-order valence-corrected chi connectivity index (χ3v) is 1.01. The van der Waals surface area contributed by atoms with Gasteiger partial charge in [-0.25, -0.2) is 0 Å². The van der Waals surface area contributed by atoms with Gasteiger partial charge in [-0.05, 0) is 5.41 Å². The van der Waals surface area contributed by atoms with Crippen LogP contribution in [0.2, 0.25) is 0 Å². The summed E-state index contributed by atoms with van der Waals surface area (Å²) >= 11 is 0. The summed E-state index contributed by atoms with van der Waals surface area (Å²) in [7, 11) is 0. The zero-order valence-electron chi connectivity index (χ0n) is 7.52. The summed E-state index contributed by atoms with van der Waals surface area (Å²) in [4.78, 5) is 21.3. The van der Waals surface area contributed by atoms with Gasteiger partial charge in [-0.1, -0.05) is 20.8 Å². The van der Waals surface area contributed by atoms with E-state index in [0.29, 0.717) is 6.42 Å². The van der Waals surface area contributed by atoms with Gasteiger partial charge in [0.25, 0.3) is 0 Å². The summed E-state index contributed by atoms with van der Waals surface area (Å²) in [5.74, 6) is -0.496. The van der Waals surface area contributed by atoms with E-state index in [2.05, 4.69) is 5.32 Å². The first kappa shape index (κ1) is 10.1. The average Bonchev–Trinajstić information content (AvgIpc) is 1.53. The van der Waals surface area contributed by atoms with Gasteiger partial charge in [0.05, 0.1) is 0 Å². The molecule has 0 aromatic heterocycles. The van der Waals surface area contributed by atoms with Crippen molar-refractivity contribution in [3.05, 3.63) is 0 Å². The lowest BCUT2D eigenvalue weighted by Gasteiger charge is -2.16. The molecule has 0 spiro atoms. The highest BCUT2D eigenvalue weighted by atomic mass is 16.2. The molecule has 64 valence electrons. The second-order valence-electron chi connectivity index (χ2n) is 3.84. The lowest BCUT2D eigenvalue weighted by molar-refractivity contribution is -0.130. The summed E-state index contributed by atoms with van der Waals surface area (Å²) in [6.07, 6.45) is 0.382. The molecule has 2 amide bonds. The van der Waals surface area contributed by atoms with Crippen molar-refractivity contribution in [2.75, 3.05) is 0 Å². The molecule has 0 fully saturated rings. The van der Waals surface area contributed by atoms with Gasteiger partial charge in [0.2, 0.25) is 11.8 Å². The second-order valence-corrected chi connectivity index (χ2v) is 3.84. The Balaban J connectivity index is 3.80. The quantitative estimate of drug-likeness (QED) is 0.619. The van der Waals surface area contributed by atoms with Crippen LogP contribution in [-0.2, 0) is 9.59 Å². The molecule has 3 heteroatoms. The predicted molar refractivity (Wildman–Crippen MR) is 42.9 cm³/mol. The van der Waals surface area contributed by atoms with Gasteiger partial charge in [-0.3, -0.25) is 14.9 Å². The van der Waals surface area contributed by atoms with Crippen LogP contribution >= 0.6 is 0 Å². The zero-order chi connectivity index (χ0) is 9.07. The first-order valence-corrected chi connectivity index (χ1v) is 3.62. The minimum Gasteiger partial charge on any atom is -0.297 e. The maximum atomic E-state index is 10.9. The Hall–Kier alpha value is -0.860. The Bertz CT molecular complexity index is 167. The van der Waals surface area contributed by atoms with Gasteiger partial charge in [0.15, 0.2) is 0 Å². The normalized spacial score (nSPS) is 10.9. The maximum Gasteiger partial charge on any atom is 0.227 e. The third kappa shape index (κ3) is 7.03. The monoisotopic (exact) mass is 157 g/mol. The van der Waals surface area contributed by atoms with E-state index < -0.39 is 0 Å². The summed E-state index contributed by atoms with van der Waals surface area (Å²) in [6.45, 7) is 7.19. The van der Waals surface area contributed by atoms with E-state index in [1.165, 1.54) is 6.92 Å². The standard InChI is InChI=1S/C8H15NO2/c1-6(10)9-7(11)5-8(2,3)4/h5H2,1-4H3,(H,9,10,11). The Morgan fingerprint density at radius 3 is 2.00 bits per heavy atom. The molecule has 11 heavy (non-hydrogen) atoms. The Morgan fingerprint density at radius 2 is 1.73 bits per heavy atom. The van der Waals surface area contributed by atoms with Crippen LogP contribution in [0.4, 0.5) is 0 Å². The van der Waals surface area contributed by atoms with Gasteiger partial charge in [0.1, 0.15) is 0 Å². The van der Waals surface area contributed by atoms with Crippen LogP contribution < -0.4 is 5.32 Å². The highest BCUT2D eigenvalue weighted by Gasteiger charge is 2.16. The Morgan fingerprint density at radius 1 is 1.27 bits per heavy atom. The summed E-state index contributed by atoms with van der Waals surface area (Å²) in [5.41, 5.74) is -0.0560. The molecule has 0 aromatic carbocycles. The Kier molecular flexibility index (Phi) is 3.23. The van der Waals surface area contributed by atoms with Crippen LogP contribution in [0.25, 0.3) is 0 Å². The first-order chi connectivity index (χ1) is 4.81. The van der Waals surface area contributed by atoms with Crippen molar-refractivity contribution < 1.29 is 9.59 Å². The van der Waals surface area contributed by atoms with Crippen LogP contribution in [0.15, 0.2) is 0 Å². The minimum atomic E-state index is -0.292. The molecular formula is C8H15NO2. The van der Waals surface area contributed by atoms with Crippen molar-refractivity contribution in [2.45, 2.75) is 34.1 Å². The van der Waals surface area contributed by atoms with E-state index in [-0.39, 0.29) is 17.2 Å². The fraction of sp³-hybridized carbons (Fsp3) is 0.750. The molecule has 0 heterocycles. The number of rotatable bonds is 1. The van der Waals surface area contributed by atoms with E-state index in [9.17, 15) is 9.59 Å². The first-order valence-electron chi connectivity index (χ1n) is 3.62. The largest absolute Gasteiger partial charge is 0.297 e. The van der Waals surface area contributed by atoms with Crippen molar-refractivity contribution >= 4 is 11.8 Å². The summed E-state index contributed by atoms with van der Waals surface area (Å²) in [6, 6.07) is 0. The van der Waals surface area contributed by atoms with E-state index in [1.54, 1.807) is 0 Å². The highest BCUT2D eigenvalue weighted by Crippen LogP contribution is 2.17. The maximum absolute atomic E-state index is 10.9. The topological polar surface area (TPSA) is 46.2 Å². The van der Waals surface area contributed by atoms with Gasteiger partial charge >= 0.3 is 0 Å². The molecule has 0 aliphatic carbocycles. The molecule has 0 saturated carbocycles. The van der Waals surface area contributed by atoms with Crippen molar-refractivity contribution in [3.63, 3.8) is 0 Å². The summed E-state index contributed by atoms with van der Waals surface area (Å²) in [5, 5.41) is 2.22. The van der Waals surface area contributed by atoms with Crippen molar-refractivity contribution in [3.8, 4) is 0 Å². The fourth-order valence-electron chi connectivity index (χ4n) is 0.722. The molecule has 0 rings (SSSR count). The van der Waals surface area contributed by atoms with Crippen LogP contribution in [0.1, 0.15) is 34.1 Å². The van der Waals surface area contributed by atoms with E-state index >= 15 is 0 Å². The number of hydrogen-bond acceptors (Lipinski definition) is 2. The van der Waals surface area contributed by atoms with E-state index in [1.807, 2.05) is 20.8 Å². The third-order valence-electron chi connectivity index (χ3n) is 1.01. The second kappa shape index (κ2) is 3.51. The number of amides is 2. The minimum absolute atomic E-state index is 0.0560. The molecule has 0 aliphatic rings. The number of carbonyl (C=O) groups is 2. The molecule has 0 unspecified atom stereocenters.